The largest absolute Gasteiger partial charge is 0.481 e. The molecule has 1 heterocycles. The van der Waals surface area contributed by atoms with E-state index in [-0.39, 0.29) is 12.2 Å². The number of hydrogen-bond donors (Lipinski definition) is 2. The van der Waals surface area contributed by atoms with Crippen LogP contribution in [0.1, 0.15) is 39.2 Å². The number of carbonyl (C=O) groups is 2. The summed E-state index contributed by atoms with van der Waals surface area (Å²) in [5, 5.41) is 12.0. The van der Waals surface area contributed by atoms with E-state index in [0.29, 0.717) is 11.1 Å². The number of amides is 1. The highest BCUT2D eigenvalue weighted by molar-refractivity contribution is 5.77. The molecule has 2 aromatic rings. The third kappa shape index (κ3) is 5.35. The van der Waals surface area contributed by atoms with Crippen molar-refractivity contribution in [1.82, 2.24) is 15.3 Å². The molecule has 1 aliphatic rings. The number of benzene rings is 1. The van der Waals surface area contributed by atoms with E-state index in [4.69, 9.17) is 4.74 Å². The molecule has 32 heavy (non-hydrogen) atoms. The summed E-state index contributed by atoms with van der Waals surface area (Å²) in [5.41, 5.74) is -1.71. The zero-order valence-electron chi connectivity index (χ0n) is 17.9. The molecule has 0 saturated heterocycles. The van der Waals surface area contributed by atoms with Crippen LogP contribution in [0.3, 0.4) is 0 Å². The van der Waals surface area contributed by atoms with Crippen LogP contribution in [-0.2, 0) is 16.0 Å². The Balaban J connectivity index is 1.83. The van der Waals surface area contributed by atoms with E-state index in [1.165, 1.54) is 0 Å². The predicted molar refractivity (Wildman–Crippen MR) is 109 cm³/mol. The van der Waals surface area contributed by atoms with E-state index in [1.54, 1.807) is 45.0 Å². The highest BCUT2D eigenvalue weighted by atomic mass is 19.3. The van der Waals surface area contributed by atoms with Gasteiger partial charge in [0.15, 0.2) is 11.6 Å². The van der Waals surface area contributed by atoms with Gasteiger partial charge in [0.1, 0.15) is 5.60 Å². The molecule has 2 atom stereocenters. The summed E-state index contributed by atoms with van der Waals surface area (Å²) in [6, 6.07) is 4.79. The molecule has 1 saturated carbocycles. The van der Waals surface area contributed by atoms with Gasteiger partial charge in [0.25, 0.3) is 5.92 Å². The van der Waals surface area contributed by atoms with Crippen molar-refractivity contribution in [2.45, 2.75) is 57.6 Å². The van der Waals surface area contributed by atoms with E-state index in [2.05, 4.69) is 15.3 Å². The van der Waals surface area contributed by atoms with Gasteiger partial charge in [0.05, 0.1) is 23.9 Å². The highest BCUT2D eigenvalue weighted by Crippen LogP contribution is 2.49. The minimum absolute atomic E-state index is 0.195. The number of carboxylic acid groups (broad SMARTS) is 1. The Bertz CT molecular complexity index is 1010. The van der Waals surface area contributed by atoms with Gasteiger partial charge in [-0.1, -0.05) is 18.2 Å². The second kappa shape index (κ2) is 8.40. The summed E-state index contributed by atoms with van der Waals surface area (Å²) in [7, 11) is 0. The van der Waals surface area contributed by atoms with Crippen LogP contribution >= 0.6 is 0 Å². The third-order valence-electron chi connectivity index (χ3n) is 5.17. The summed E-state index contributed by atoms with van der Waals surface area (Å²) in [5.74, 6) is -5.20. The maximum atomic E-state index is 14.8. The molecule has 1 aromatic heterocycles. The van der Waals surface area contributed by atoms with Crippen LogP contribution in [0, 0.1) is 11.2 Å². The standard InChI is InChI=1S/C22H24F3N3O4/c1-20(2,3)32-19(31)28-16-9-21(18(29)30,12-22(16,24)25)8-13-5-4-6-14(7-13)17-26-10-15(23)11-27-17/h4-7,10-11,16H,8-9,12H2,1-3H3,(H,28,31)(H,29,30)/t16-,21-/m1/s1. The Hall–Kier alpha value is -3.17. The molecule has 10 heteroatoms. The SMILES string of the molecule is CC(C)(C)OC(=O)N[C@@H]1C[C@@](Cc2cccc(-c3ncc(F)cn3)c2)(C(=O)O)CC1(F)F. The quantitative estimate of drug-likeness (QED) is 0.706. The molecule has 2 N–H and O–H groups in total. The lowest BCUT2D eigenvalue weighted by molar-refractivity contribution is -0.150. The topological polar surface area (TPSA) is 101 Å². The Labute approximate surface area is 183 Å². The lowest BCUT2D eigenvalue weighted by Crippen LogP contribution is -2.46. The summed E-state index contributed by atoms with van der Waals surface area (Å²) in [6.45, 7) is 4.79. The molecule has 172 valence electrons. The number of carbonyl (C=O) groups excluding carboxylic acids is 1. The van der Waals surface area contributed by atoms with Crippen molar-refractivity contribution in [1.29, 1.82) is 0 Å². The Morgan fingerprint density at radius 3 is 2.50 bits per heavy atom. The number of aromatic nitrogens is 2. The van der Waals surface area contributed by atoms with Crippen molar-refractivity contribution in [3.05, 3.63) is 48.0 Å². The number of alkyl carbamates (subject to hydrolysis) is 1. The molecule has 0 radical (unpaired) electrons. The van der Waals surface area contributed by atoms with Crippen molar-refractivity contribution in [2.75, 3.05) is 0 Å². The van der Waals surface area contributed by atoms with Gasteiger partial charge in [-0.15, -0.1) is 0 Å². The van der Waals surface area contributed by atoms with Gasteiger partial charge in [-0.3, -0.25) is 4.79 Å². The Morgan fingerprint density at radius 2 is 1.91 bits per heavy atom. The first-order valence-electron chi connectivity index (χ1n) is 9.97. The summed E-state index contributed by atoms with van der Waals surface area (Å²) in [4.78, 5) is 31.9. The number of alkyl halides is 2. The minimum atomic E-state index is -3.44. The summed E-state index contributed by atoms with van der Waals surface area (Å²) < 4.78 is 47.6. The Morgan fingerprint density at radius 1 is 1.25 bits per heavy atom. The molecule has 1 fully saturated rings. The average molecular weight is 451 g/mol. The van der Waals surface area contributed by atoms with E-state index in [1.807, 2.05) is 0 Å². The number of hydrogen-bond acceptors (Lipinski definition) is 5. The summed E-state index contributed by atoms with van der Waals surface area (Å²) >= 11 is 0. The molecule has 1 aromatic carbocycles. The van der Waals surface area contributed by atoms with E-state index in [0.717, 1.165) is 12.4 Å². The fourth-order valence-corrected chi connectivity index (χ4v) is 3.84. The normalized spacial score (nSPS) is 22.4. The van der Waals surface area contributed by atoms with Gasteiger partial charge in [-0.2, -0.15) is 0 Å². The second-order valence-electron chi connectivity index (χ2n) is 9.03. The highest BCUT2D eigenvalue weighted by Gasteiger charge is 2.60. The lowest BCUT2D eigenvalue weighted by atomic mass is 9.79. The molecule has 3 rings (SSSR count). The first-order chi connectivity index (χ1) is 14.8. The maximum absolute atomic E-state index is 14.8. The molecule has 0 aliphatic heterocycles. The predicted octanol–water partition coefficient (Wildman–Crippen LogP) is 4.22. The molecule has 0 bridgehead atoms. The van der Waals surface area contributed by atoms with E-state index < -0.39 is 53.7 Å². The van der Waals surface area contributed by atoms with Crippen molar-refractivity contribution in [2.24, 2.45) is 5.41 Å². The number of aliphatic carboxylic acids is 1. The zero-order chi connectivity index (χ0) is 23.7. The fourth-order valence-electron chi connectivity index (χ4n) is 3.84. The average Bonchev–Trinajstić information content (AvgIpc) is 2.91. The number of rotatable bonds is 5. The van der Waals surface area contributed by atoms with Crippen LogP contribution in [0.4, 0.5) is 18.0 Å². The molecular formula is C22H24F3N3O4. The number of nitrogens with one attached hydrogen (secondary N) is 1. The van der Waals surface area contributed by atoms with E-state index >= 15 is 0 Å². The number of halogens is 3. The first kappa shape index (κ1) is 23.5. The number of carboxylic acids is 1. The maximum Gasteiger partial charge on any atom is 0.408 e. The Kier molecular flexibility index (Phi) is 6.17. The van der Waals surface area contributed by atoms with Crippen LogP contribution in [0.2, 0.25) is 0 Å². The van der Waals surface area contributed by atoms with Crippen LogP contribution in [0.15, 0.2) is 36.7 Å². The van der Waals surface area contributed by atoms with Crippen LogP contribution in [0.5, 0.6) is 0 Å². The van der Waals surface area contributed by atoms with Crippen molar-refractivity contribution >= 4 is 12.1 Å². The monoisotopic (exact) mass is 451 g/mol. The molecule has 1 aliphatic carbocycles. The first-order valence-corrected chi connectivity index (χ1v) is 9.97. The number of ether oxygens (including phenoxy) is 1. The van der Waals surface area contributed by atoms with Gasteiger partial charge in [0, 0.05) is 12.0 Å². The summed E-state index contributed by atoms with van der Waals surface area (Å²) in [6.07, 6.45) is -0.631. The van der Waals surface area contributed by atoms with Gasteiger partial charge >= 0.3 is 12.1 Å². The minimum Gasteiger partial charge on any atom is -0.481 e. The molecule has 0 unspecified atom stereocenters. The van der Waals surface area contributed by atoms with Crippen LogP contribution < -0.4 is 5.32 Å². The number of nitrogens with zero attached hydrogens (tertiary/aromatic N) is 2. The van der Waals surface area contributed by atoms with Gasteiger partial charge in [0.2, 0.25) is 0 Å². The van der Waals surface area contributed by atoms with E-state index in [9.17, 15) is 27.9 Å². The molecule has 0 spiro atoms. The van der Waals surface area contributed by atoms with Gasteiger partial charge in [-0.25, -0.2) is 27.9 Å². The molecule has 7 nitrogen and oxygen atoms in total. The fraction of sp³-hybridized carbons (Fsp3) is 0.455. The molecule has 1 amide bonds. The van der Waals surface area contributed by atoms with Crippen LogP contribution in [0.25, 0.3) is 11.4 Å². The van der Waals surface area contributed by atoms with Crippen molar-refractivity contribution in [3.8, 4) is 11.4 Å². The van der Waals surface area contributed by atoms with Crippen molar-refractivity contribution < 1.29 is 32.6 Å². The van der Waals surface area contributed by atoms with Crippen LogP contribution in [-0.4, -0.2) is 44.7 Å². The lowest BCUT2D eigenvalue weighted by Gasteiger charge is -2.25. The third-order valence-corrected chi connectivity index (χ3v) is 5.17. The smallest absolute Gasteiger partial charge is 0.408 e. The zero-order valence-corrected chi connectivity index (χ0v) is 17.9. The molecular weight excluding hydrogens is 427 g/mol. The second-order valence-corrected chi connectivity index (χ2v) is 9.03. The van der Waals surface area contributed by atoms with Gasteiger partial charge < -0.3 is 15.2 Å². The van der Waals surface area contributed by atoms with Gasteiger partial charge in [-0.05, 0) is 45.2 Å². The van der Waals surface area contributed by atoms with Crippen molar-refractivity contribution in [3.63, 3.8) is 0 Å².